The van der Waals surface area contributed by atoms with Crippen LogP contribution >= 0.6 is 0 Å². The molecule has 2 aliphatic carbocycles. The van der Waals surface area contributed by atoms with Gasteiger partial charge in [0.2, 0.25) is 0 Å². The van der Waals surface area contributed by atoms with E-state index in [0.717, 1.165) is 17.9 Å². The molecule has 2 heteroatoms. The first-order valence-electron chi connectivity index (χ1n) is 8.97. The van der Waals surface area contributed by atoms with Gasteiger partial charge in [0, 0.05) is 11.6 Å². The lowest BCUT2D eigenvalue weighted by molar-refractivity contribution is 0.0826. The summed E-state index contributed by atoms with van der Waals surface area (Å²) in [4.78, 5) is 12.7. The molecule has 1 aromatic rings. The zero-order valence-electron chi connectivity index (χ0n) is 15.5. The Morgan fingerprint density at radius 3 is 2.17 bits per heavy atom. The third-order valence-electron chi connectivity index (χ3n) is 7.11. The third kappa shape index (κ3) is 2.51. The summed E-state index contributed by atoms with van der Waals surface area (Å²) in [5, 5.41) is 3.34. The average Bonchev–Trinajstić information content (AvgIpc) is 2.80. The number of carbonyl (C=O) groups excluding carboxylic acids is 1. The Morgan fingerprint density at radius 1 is 1.13 bits per heavy atom. The minimum Gasteiger partial charge on any atom is -0.349 e. The van der Waals surface area contributed by atoms with Gasteiger partial charge >= 0.3 is 0 Å². The van der Waals surface area contributed by atoms with Crippen LogP contribution in [0.1, 0.15) is 76.7 Å². The molecule has 126 valence electrons. The van der Waals surface area contributed by atoms with Crippen LogP contribution in [-0.4, -0.2) is 11.9 Å². The number of nitrogens with one attached hydrogen (secondary N) is 1. The van der Waals surface area contributed by atoms with Crippen molar-refractivity contribution in [3.8, 4) is 0 Å². The highest BCUT2D eigenvalue weighted by Crippen LogP contribution is 2.65. The van der Waals surface area contributed by atoms with Gasteiger partial charge in [-0.2, -0.15) is 0 Å². The molecule has 2 fully saturated rings. The summed E-state index contributed by atoms with van der Waals surface area (Å²) in [6, 6.07) is 8.42. The van der Waals surface area contributed by atoms with Crippen molar-refractivity contribution in [1.29, 1.82) is 0 Å². The van der Waals surface area contributed by atoms with Crippen molar-refractivity contribution in [2.45, 2.75) is 72.3 Å². The van der Waals surface area contributed by atoms with E-state index in [4.69, 9.17) is 0 Å². The Labute approximate surface area is 141 Å². The van der Waals surface area contributed by atoms with Crippen LogP contribution in [0.4, 0.5) is 0 Å². The van der Waals surface area contributed by atoms with Gasteiger partial charge in [0.05, 0.1) is 0 Å². The van der Waals surface area contributed by atoms with Crippen LogP contribution in [-0.2, 0) is 5.41 Å². The fourth-order valence-electron chi connectivity index (χ4n) is 4.79. The third-order valence-corrected chi connectivity index (χ3v) is 7.11. The van der Waals surface area contributed by atoms with E-state index in [1.54, 1.807) is 0 Å². The van der Waals surface area contributed by atoms with E-state index in [0.29, 0.717) is 11.5 Å². The van der Waals surface area contributed by atoms with E-state index in [1.807, 2.05) is 12.1 Å². The fourth-order valence-corrected chi connectivity index (χ4v) is 4.79. The molecule has 0 heterocycles. The average molecular weight is 313 g/mol. The number of rotatable bonds is 2. The molecule has 0 aliphatic heterocycles. The molecule has 2 aliphatic rings. The summed E-state index contributed by atoms with van der Waals surface area (Å²) >= 11 is 0. The molecule has 3 unspecified atom stereocenters. The summed E-state index contributed by atoms with van der Waals surface area (Å²) in [7, 11) is 0. The van der Waals surface area contributed by atoms with Gasteiger partial charge in [0.1, 0.15) is 0 Å². The van der Waals surface area contributed by atoms with Crippen molar-refractivity contribution < 1.29 is 4.79 Å². The maximum atomic E-state index is 12.7. The van der Waals surface area contributed by atoms with Gasteiger partial charge in [-0.3, -0.25) is 4.79 Å². The van der Waals surface area contributed by atoms with E-state index >= 15 is 0 Å². The lowest BCUT2D eigenvalue weighted by Crippen LogP contribution is -2.46. The van der Waals surface area contributed by atoms with E-state index < -0.39 is 0 Å². The monoisotopic (exact) mass is 313 g/mol. The molecule has 3 atom stereocenters. The smallest absolute Gasteiger partial charge is 0.251 e. The lowest BCUT2D eigenvalue weighted by Gasteiger charge is -2.39. The van der Waals surface area contributed by atoms with Crippen LogP contribution in [0.2, 0.25) is 0 Å². The first-order valence-corrected chi connectivity index (χ1v) is 8.97. The largest absolute Gasteiger partial charge is 0.349 e. The normalized spacial score (nSPS) is 32.1. The highest BCUT2D eigenvalue weighted by Gasteiger charge is 2.61. The zero-order valence-corrected chi connectivity index (χ0v) is 15.5. The molecule has 23 heavy (non-hydrogen) atoms. The molecule has 0 radical (unpaired) electrons. The Bertz CT molecular complexity index is 608. The first kappa shape index (κ1) is 16.5. The number of fused-ring (bicyclic) bond motifs is 2. The van der Waals surface area contributed by atoms with Gasteiger partial charge in [-0.15, -0.1) is 0 Å². The van der Waals surface area contributed by atoms with Gasteiger partial charge in [0.15, 0.2) is 0 Å². The van der Waals surface area contributed by atoms with Crippen molar-refractivity contribution in [2.75, 3.05) is 0 Å². The maximum Gasteiger partial charge on any atom is 0.251 e. The van der Waals surface area contributed by atoms with Crippen molar-refractivity contribution in [3.05, 3.63) is 35.4 Å². The summed E-state index contributed by atoms with van der Waals surface area (Å²) < 4.78 is 0. The summed E-state index contributed by atoms with van der Waals surface area (Å²) in [6.07, 6.45) is 3.68. The Kier molecular flexibility index (Phi) is 3.66. The van der Waals surface area contributed by atoms with E-state index in [2.05, 4.69) is 59.0 Å². The lowest BCUT2D eigenvalue weighted by atomic mass is 9.69. The Balaban J connectivity index is 1.74. The molecule has 1 N–H and O–H groups in total. The SMILES string of the molecule is CC(C)(C)c1ccc(C(=O)NC2CC3CCC2(C)C3(C)C)cc1. The Hall–Kier alpha value is -1.31. The van der Waals surface area contributed by atoms with Gasteiger partial charge in [-0.05, 0) is 59.1 Å². The number of amides is 1. The first-order chi connectivity index (χ1) is 10.6. The van der Waals surface area contributed by atoms with Crippen LogP contribution in [0, 0.1) is 16.7 Å². The van der Waals surface area contributed by atoms with Crippen LogP contribution in [0.5, 0.6) is 0 Å². The molecule has 2 nitrogen and oxygen atoms in total. The van der Waals surface area contributed by atoms with Crippen molar-refractivity contribution in [1.82, 2.24) is 5.32 Å². The van der Waals surface area contributed by atoms with E-state index in [-0.39, 0.29) is 16.7 Å². The van der Waals surface area contributed by atoms with Crippen molar-refractivity contribution in [3.63, 3.8) is 0 Å². The second-order valence-corrected chi connectivity index (χ2v) is 9.46. The molecule has 0 saturated heterocycles. The second kappa shape index (κ2) is 5.09. The minimum absolute atomic E-state index is 0.0834. The van der Waals surface area contributed by atoms with E-state index in [1.165, 1.54) is 18.4 Å². The number of hydrogen-bond acceptors (Lipinski definition) is 1. The number of carbonyl (C=O) groups is 1. The summed E-state index contributed by atoms with van der Waals surface area (Å²) in [5.41, 5.74) is 2.74. The fraction of sp³-hybridized carbons (Fsp3) is 0.667. The van der Waals surface area contributed by atoms with Gasteiger partial charge in [-0.1, -0.05) is 53.7 Å². The predicted octanol–water partition coefficient (Wildman–Crippen LogP) is 4.93. The molecule has 2 saturated carbocycles. The quantitative estimate of drug-likeness (QED) is 0.824. The van der Waals surface area contributed by atoms with E-state index in [9.17, 15) is 4.79 Å². The number of benzene rings is 1. The second-order valence-electron chi connectivity index (χ2n) is 9.46. The molecule has 1 aromatic carbocycles. The topological polar surface area (TPSA) is 29.1 Å². The molecule has 0 aromatic heterocycles. The highest BCUT2D eigenvalue weighted by atomic mass is 16.1. The molecular formula is C21H31NO. The van der Waals surface area contributed by atoms with Crippen LogP contribution in [0.25, 0.3) is 0 Å². The highest BCUT2D eigenvalue weighted by molar-refractivity contribution is 5.94. The van der Waals surface area contributed by atoms with Crippen LogP contribution < -0.4 is 5.32 Å². The predicted molar refractivity (Wildman–Crippen MR) is 95.6 cm³/mol. The zero-order chi connectivity index (χ0) is 17.0. The minimum atomic E-state index is 0.0834. The van der Waals surface area contributed by atoms with Gasteiger partial charge < -0.3 is 5.32 Å². The molecule has 0 spiro atoms. The Morgan fingerprint density at radius 2 is 1.74 bits per heavy atom. The van der Waals surface area contributed by atoms with Crippen molar-refractivity contribution >= 4 is 5.91 Å². The standard InChI is InChI=1S/C21H31NO/c1-19(2,3)15-9-7-14(8-10-15)18(23)22-17-13-16-11-12-21(17,6)20(16,4)5/h7-10,16-17H,11-13H2,1-6H3,(H,22,23). The molecule has 3 rings (SSSR count). The summed E-state index contributed by atoms with van der Waals surface area (Å²) in [6.45, 7) is 13.7. The van der Waals surface area contributed by atoms with Crippen LogP contribution in [0.3, 0.4) is 0 Å². The van der Waals surface area contributed by atoms with Gasteiger partial charge in [0.25, 0.3) is 5.91 Å². The summed E-state index contributed by atoms with van der Waals surface area (Å²) in [5.74, 6) is 0.834. The van der Waals surface area contributed by atoms with Crippen molar-refractivity contribution in [2.24, 2.45) is 16.7 Å². The molecular weight excluding hydrogens is 282 g/mol. The maximum absolute atomic E-state index is 12.7. The van der Waals surface area contributed by atoms with Gasteiger partial charge in [-0.25, -0.2) is 0 Å². The number of hydrogen-bond donors (Lipinski definition) is 1. The molecule has 1 amide bonds. The van der Waals surface area contributed by atoms with Crippen LogP contribution in [0.15, 0.2) is 24.3 Å². The molecule has 2 bridgehead atoms.